The average molecular weight is 388 g/mol. The van der Waals surface area contributed by atoms with Gasteiger partial charge in [-0.2, -0.15) is 5.10 Å². The number of carbonyl (C=O) groups excluding carboxylic acids is 1. The molecule has 3 rings (SSSR count). The predicted molar refractivity (Wildman–Crippen MR) is 103 cm³/mol. The summed E-state index contributed by atoms with van der Waals surface area (Å²) in [6.07, 6.45) is 1.65. The average Bonchev–Trinajstić information content (AvgIpc) is 3.23. The van der Waals surface area contributed by atoms with Crippen molar-refractivity contribution in [3.8, 4) is 11.4 Å². The molecule has 9 heteroatoms. The molecule has 1 amide bonds. The fourth-order valence-electron chi connectivity index (χ4n) is 2.56. The Labute approximate surface area is 161 Å². The van der Waals surface area contributed by atoms with Crippen LogP contribution in [-0.2, 0) is 11.8 Å². The number of benzene rings is 1. The maximum Gasteiger partial charge on any atom is 0.238 e. The predicted octanol–water partition coefficient (Wildman–Crippen LogP) is 3.52. The highest BCUT2D eigenvalue weighted by molar-refractivity contribution is 8.00. The summed E-state index contributed by atoms with van der Waals surface area (Å²) in [6, 6.07) is 8.29. The van der Waals surface area contributed by atoms with Gasteiger partial charge in [-0.1, -0.05) is 23.9 Å². The van der Waals surface area contributed by atoms with Crippen molar-refractivity contribution in [3.63, 3.8) is 0 Å². The molecule has 2 heterocycles. The second kappa shape index (κ2) is 7.91. The standard InChI is InChI=1S/C18H21FN6OS/c1-11(2)25-15(9-10-20-25)21-17(26)12(3)27-18-23-22-16(24(18)4)13-7-5-6-8-14(13)19/h5-12H,1-4H3,(H,21,26)/t12-/m0/s1. The van der Waals surface area contributed by atoms with Crippen LogP contribution in [0.5, 0.6) is 0 Å². The Morgan fingerprint density at radius 2 is 1.93 bits per heavy atom. The van der Waals surface area contributed by atoms with Crippen molar-refractivity contribution >= 4 is 23.5 Å². The number of carbonyl (C=O) groups is 1. The summed E-state index contributed by atoms with van der Waals surface area (Å²) in [5.74, 6) is 0.531. The Morgan fingerprint density at radius 3 is 2.63 bits per heavy atom. The van der Waals surface area contributed by atoms with Crippen molar-refractivity contribution in [2.45, 2.75) is 37.2 Å². The molecule has 0 radical (unpaired) electrons. The molecule has 2 aromatic heterocycles. The number of amides is 1. The van der Waals surface area contributed by atoms with Crippen molar-refractivity contribution < 1.29 is 9.18 Å². The van der Waals surface area contributed by atoms with E-state index in [1.807, 2.05) is 13.8 Å². The largest absolute Gasteiger partial charge is 0.310 e. The van der Waals surface area contributed by atoms with Crippen LogP contribution >= 0.6 is 11.8 Å². The van der Waals surface area contributed by atoms with E-state index in [9.17, 15) is 9.18 Å². The maximum atomic E-state index is 14.0. The van der Waals surface area contributed by atoms with E-state index in [-0.39, 0.29) is 17.8 Å². The quantitative estimate of drug-likeness (QED) is 0.654. The van der Waals surface area contributed by atoms with Gasteiger partial charge >= 0.3 is 0 Å². The van der Waals surface area contributed by atoms with Crippen LogP contribution in [0.1, 0.15) is 26.8 Å². The lowest BCUT2D eigenvalue weighted by Gasteiger charge is -2.14. The van der Waals surface area contributed by atoms with E-state index >= 15 is 0 Å². The Hall–Kier alpha value is -2.68. The van der Waals surface area contributed by atoms with E-state index in [1.54, 1.807) is 53.7 Å². The van der Waals surface area contributed by atoms with Crippen LogP contribution in [0.25, 0.3) is 11.4 Å². The van der Waals surface area contributed by atoms with Crippen molar-refractivity contribution in [1.82, 2.24) is 24.5 Å². The van der Waals surface area contributed by atoms with Gasteiger partial charge in [-0.25, -0.2) is 9.07 Å². The molecule has 0 unspecified atom stereocenters. The third kappa shape index (κ3) is 4.02. The first kappa shape index (κ1) is 19.1. The summed E-state index contributed by atoms with van der Waals surface area (Å²) in [4.78, 5) is 12.5. The fraction of sp³-hybridized carbons (Fsp3) is 0.333. The van der Waals surface area contributed by atoms with Crippen LogP contribution in [0, 0.1) is 5.82 Å². The summed E-state index contributed by atoms with van der Waals surface area (Å²) < 4.78 is 17.4. The highest BCUT2D eigenvalue weighted by Gasteiger charge is 2.21. The SMILES string of the molecule is CC(C)n1nccc1NC(=O)[C@H](C)Sc1nnc(-c2ccccc2F)n1C. The molecule has 0 saturated carbocycles. The van der Waals surface area contributed by atoms with Gasteiger partial charge in [0.1, 0.15) is 11.6 Å². The molecule has 1 N–H and O–H groups in total. The lowest BCUT2D eigenvalue weighted by molar-refractivity contribution is -0.115. The molecule has 0 aliphatic carbocycles. The summed E-state index contributed by atoms with van der Waals surface area (Å²) in [5, 5.41) is 15.4. The Bertz CT molecular complexity index is 951. The van der Waals surface area contributed by atoms with E-state index in [4.69, 9.17) is 0 Å². The lowest BCUT2D eigenvalue weighted by atomic mass is 10.2. The number of thioether (sulfide) groups is 1. The molecule has 0 spiro atoms. The normalized spacial score (nSPS) is 12.4. The molecule has 0 bridgehead atoms. The zero-order valence-electron chi connectivity index (χ0n) is 15.5. The zero-order chi connectivity index (χ0) is 19.6. The number of nitrogens with zero attached hydrogens (tertiary/aromatic N) is 5. The molecule has 0 aliphatic rings. The maximum absolute atomic E-state index is 14.0. The Balaban J connectivity index is 1.73. The number of rotatable bonds is 6. The van der Waals surface area contributed by atoms with Gasteiger partial charge < -0.3 is 9.88 Å². The summed E-state index contributed by atoms with van der Waals surface area (Å²) in [6.45, 7) is 5.77. The van der Waals surface area contributed by atoms with E-state index < -0.39 is 5.25 Å². The van der Waals surface area contributed by atoms with Crippen LogP contribution in [0.15, 0.2) is 41.7 Å². The third-order valence-electron chi connectivity index (χ3n) is 4.01. The highest BCUT2D eigenvalue weighted by atomic mass is 32.2. The van der Waals surface area contributed by atoms with E-state index in [2.05, 4.69) is 20.6 Å². The molecule has 7 nitrogen and oxygen atoms in total. The minimum Gasteiger partial charge on any atom is -0.310 e. The smallest absolute Gasteiger partial charge is 0.238 e. The monoisotopic (exact) mass is 388 g/mol. The molecule has 1 atom stereocenters. The van der Waals surface area contributed by atoms with Gasteiger partial charge in [0.2, 0.25) is 5.91 Å². The number of halogens is 1. The van der Waals surface area contributed by atoms with Gasteiger partial charge in [0, 0.05) is 19.2 Å². The Kier molecular flexibility index (Phi) is 5.59. The van der Waals surface area contributed by atoms with Crippen LogP contribution in [0.2, 0.25) is 0 Å². The van der Waals surface area contributed by atoms with E-state index in [1.165, 1.54) is 17.8 Å². The topological polar surface area (TPSA) is 77.6 Å². The van der Waals surface area contributed by atoms with Crippen LogP contribution in [-0.4, -0.2) is 35.7 Å². The fourth-order valence-corrected chi connectivity index (χ4v) is 3.37. The van der Waals surface area contributed by atoms with Gasteiger partial charge in [0.15, 0.2) is 11.0 Å². The minimum absolute atomic E-state index is 0.139. The summed E-state index contributed by atoms with van der Waals surface area (Å²) in [5.41, 5.74) is 0.372. The minimum atomic E-state index is -0.420. The third-order valence-corrected chi connectivity index (χ3v) is 5.15. The van der Waals surface area contributed by atoms with Gasteiger partial charge in [0.25, 0.3) is 0 Å². The zero-order valence-corrected chi connectivity index (χ0v) is 16.4. The molecule has 0 aliphatic heterocycles. The summed E-state index contributed by atoms with van der Waals surface area (Å²) >= 11 is 1.26. The Morgan fingerprint density at radius 1 is 1.19 bits per heavy atom. The van der Waals surface area contributed by atoms with Crippen LogP contribution in [0.3, 0.4) is 0 Å². The first-order valence-corrected chi connectivity index (χ1v) is 9.41. The van der Waals surface area contributed by atoms with Crippen molar-refractivity contribution in [1.29, 1.82) is 0 Å². The van der Waals surface area contributed by atoms with Crippen molar-refractivity contribution in [2.24, 2.45) is 7.05 Å². The van der Waals surface area contributed by atoms with Crippen molar-refractivity contribution in [3.05, 3.63) is 42.3 Å². The molecular weight excluding hydrogens is 367 g/mol. The molecule has 3 aromatic rings. The molecule has 0 saturated heterocycles. The molecule has 1 aromatic carbocycles. The van der Waals surface area contributed by atoms with Crippen LogP contribution in [0.4, 0.5) is 10.2 Å². The number of hydrogen-bond donors (Lipinski definition) is 1. The number of nitrogens with one attached hydrogen (secondary N) is 1. The highest BCUT2D eigenvalue weighted by Crippen LogP contribution is 2.27. The van der Waals surface area contributed by atoms with Gasteiger partial charge in [-0.15, -0.1) is 10.2 Å². The number of hydrogen-bond acceptors (Lipinski definition) is 5. The van der Waals surface area contributed by atoms with Gasteiger partial charge in [-0.3, -0.25) is 4.79 Å². The number of aromatic nitrogens is 5. The molecule has 27 heavy (non-hydrogen) atoms. The summed E-state index contributed by atoms with van der Waals surface area (Å²) in [7, 11) is 1.75. The lowest BCUT2D eigenvalue weighted by Crippen LogP contribution is -2.25. The van der Waals surface area contributed by atoms with Crippen molar-refractivity contribution in [2.75, 3.05) is 5.32 Å². The van der Waals surface area contributed by atoms with Gasteiger partial charge in [0.05, 0.1) is 17.0 Å². The first-order valence-electron chi connectivity index (χ1n) is 8.53. The first-order chi connectivity index (χ1) is 12.9. The second-order valence-corrected chi connectivity index (χ2v) is 7.66. The molecule has 0 fully saturated rings. The van der Waals surface area contributed by atoms with E-state index in [0.29, 0.717) is 22.4 Å². The molecule has 142 valence electrons. The molecular formula is C18H21FN6OS. The van der Waals surface area contributed by atoms with Crippen LogP contribution < -0.4 is 5.32 Å². The second-order valence-electron chi connectivity index (χ2n) is 6.35. The van der Waals surface area contributed by atoms with E-state index in [0.717, 1.165) is 0 Å². The number of anilines is 1. The van der Waals surface area contributed by atoms with Gasteiger partial charge in [-0.05, 0) is 32.9 Å².